The van der Waals surface area contributed by atoms with E-state index in [0.717, 1.165) is 34.4 Å². The fourth-order valence-electron chi connectivity index (χ4n) is 3.98. The molecule has 1 atom stereocenters. The normalized spacial score (nSPS) is 17.1. The lowest BCUT2D eigenvalue weighted by Crippen LogP contribution is -2.31. The van der Waals surface area contributed by atoms with Gasteiger partial charge in [-0.1, -0.05) is 17.7 Å². The van der Waals surface area contributed by atoms with Crippen LogP contribution in [0.4, 0.5) is 5.95 Å². The maximum absolute atomic E-state index is 13.5. The van der Waals surface area contributed by atoms with E-state index in [4.69, 9.17) is 4.98 Å². The minimum absolute atomic E-state index is 0.313. The van der Waals surface area contributed by atoms with Crippen LogP contribution in [0.15, 0.2) is 53.8 Å². The first-order valence-electron chi connectivity index (χ1n) is 10.3. The monoisotopic (exact) mass is 437 g/mol. The number of aryl methyl sites for hydroxylation is 2. The van der Waals surface area contributed by atoms with Crippen molar-refractivity contribution in [3.63, 3.8) is 0 Å². The van der Waals surface area contributed by atoms with Crippen LogP contribution in [0.3, 0.4) is 0 Å². The summed E-state index contributed by atoms with van der Waals surface area (Å²) in [6.07, 6.45) is 6.84. The first-order chi connectivity index (χ1) is 14.8. The van der Waals surface area contributed by atoms with Crippen LogP contribution in [0.2, 0.25) is 0 Å². The van der Waals surface area contributed by atoms with Gasteiger partial charge in [-0.2, -0.15) is 4.31 Å². The Morgan fingerprint density at radius 3 is 2.45 bits per heavy atom. The van der Waals surface area contributed by atoms with Crippen molar-refractivity contribution in [3.05, 3.63) is 65.7 Å². The summed E-state index contributed by atoms with van der Waals surface area (Å²) in [5.74, 6) is 0.560. The third kappa shape index (κ3) is 4.05. The minimum Gasteiger partial charge on any atom is -0.347 e. The second-order valence-electron chi connectivity index (χ2n) is 8.14. The zero-order valence-electron chi connectivity index (χ0n) is 18.3. The van der Waals surface area contributed by atoms with Crippen LogP contribution in [0.1, 0.15) is 35.7 Å². The summed E-state index contributed by atoms with van der Waals surface area (Å²) in [6.45, 7) is 4.40. The summed E-state index contributed by atoms with van der Waals surface area (Å²) in [7, 11) is 0.114. The van der Waals surface area contributed by atoms with E-state index >= 15 is 0 Å². The Morgan fingerprint density at radius 1 is 1.03 bits per heavy atom. The summed E-state index contributed by atoms with van der Waals surface area (Å²) in [5, 5.41) is 0. The molecule has 0 aliphatic carbocycles. The Balaban J connectivity index is 1.84. The predicted molar refractivity (Wildman–Crippen MR) is 121 cm³/mol. The molecule has 1 fully saturated rings. The van der Waals surface area contributed by atoms with Crippen LogP contribution in [0, 0.1) is 13.8 Å². The average Bonchev–Trinajstić information content (AvgIpc) is 3.25. The van der Waals surface area contributed by atoms with Crippen LogP contribution in [0.25, 0.3) is 11.1 Å². The van der Waals surface area contributed by atoms with Gasteiger partial charge in [-0.15, -0.1) is 0 Å². The smallest absolute Gasteiger partial charge is 0.243 e. The molecule has 3 aromatic rings. The number of aromatic nitrogens is 3. The molecule has 1 saturated heterocycles. The second-order valence-corrected chi connectivity index (χ2v) is 10.0. The first-order valence-corrected chi connectivity index (χ1v) is 11.8. The molecule has 8 heteroatoms. The van der Waals surface area contributed by atoms with Crippen molar-refractivity contribution < 1.29 is 8.42 Å². The molecule has 7 nitrogen and oxygen atoms in total. The highest BCUT2D eigenvalue weighted by Gasteiger charge is 2.38. The Labute approximate surface area is 183 Å². The van der Waals surface area contributed by atoms with Gasteiger partial charge in [0.15, 0.2) is 0 Å². The highest BCUT2D eigenvalue weighted by molar-refractivity contribution is 7.89. The lowest BCUT2D eigenvalue weighted by Gasteiger charge is -2.26. The van der Waals surface area contributed by atoms with Crippen molar-refractivity contribution in [2.75, 3.05) is 25.5 Å². The number of hydrogen-bond acceptors (Lipinski definition) is 6. The molecule has 162 valence electrons. The molecule has 4 rings (SSSR count). The van der Waals surface area contributed by atoms with Crippen molar-refractivity contribution in [1.29, 1.82) is 0 Å². The molecule has 0 saturated carbocycles. The molecule has 31 heavy (non-hydrogen) atoms. The average molecular weight is 438 g/mol. The van der Waals surface area contributed by atoms with E-state index < -0.39 is 10.0 Å². The molecule has 0 amide bonds. The summed E-state index contributed by atoms with van der Waals surface area (Å²) >= 11 is 0. The maximum Gasteiger partial charge on any atom is 0.243 e. The van der Waals surface area contributed by atoms with E-state index in [2.05, 4.69) is 9.97 Å². The Kier molecular flexibility index (Phi) is 5.77. The highest BCUT2D eigenvalue weighted by atomic mass is 32.2. The van der Waals surface area contributed by atoms with Gasteiger partial charge in [0.2, 0.25) is 16.0 Å². The molecule has 1 aliphatic heterocycles. The quantitative estimate of drug-likeness (QED) is 0.605. The van der Waals surface area contributed by atoms with Gasteiger partial charge in [0, 0.05) is 44.8 Å². The zero-order chi connectivity index (χ0) is 22.2. The Morgan fingerprint density at radius 2 is 1.77 bits per heavy atom. The highest BCUT2D eigenvalue weighted by Crippen LogP contribution is 2.40. The minimum atomic E-state index is -3.65. The number of anilines is 1. The van der Waals surface area contributed by atoms with Crippen molar-refractivity contribution in [2.24, 2.45) is 0 Å². The Bertz CT molecular complexity index is 1190. The molecule has 1 aliphatic rings. The van der Waals surface area contributed by atoms with Gasteiger partial charge in [-0.05, 0) is 56.0 Å². The van der Waals surface area contributed by atoms with Gasteiger partial charge in [0.05, 0.1) is 16.6 Å². The fraction of sp³-hybridized carbons (Fsp3) is 0.348. The standard InChI is InChI=1S/C23H27N5O2S/c1-16-7-9-18(10-8-16)31(29,30)28-13-5-6-21(28)22-20(15-25-23(26-22)27(3)4)19-11-12-24-14-17(19)2/h7-12,14-15,21H,5-6,13H2,1-4H3/t21-/m1/s1. The first kappa shape index (κ1) is 21.4. The molecule has 2 aromatic heterocycles. The zero-order valence-corrected chi connectivity index (χ0v) is 19.1. The van der Waals surface area contributed by atoms with Crippen LogP contribution in [-0.2, 0) is 10.0 Å². The maximum atomic E-state index is 13.5. The summed E-state index contributed by atoms with van der Waals surface area (Å²) in [5.41, 5.74) is 4.58. The fourth-order valence-corrected chi connectivity index (χ4v) is 5.65. The molecular weight excluding hydrogens is 410 g/mol. The molecular formula is C23H27N5O2S. The Hall–Kier alpha value is -2.84. The number of benzene rings is 1. The van der Waals surface area contributed by atoms with E-state index in [1.165, 1.54) is 0 Å². The van der Waals surface area contributed by atoms with Gasteiger partial charge in [-0.25, -0.2) is 18.4 Å². The number of rotatable bonds is 5. The van der Waals surface area contributed by atoms with Gasteiger partial charge < -0.3 is 4.90 Å². The van der Waals surface area contributed by atoms with Gasteiger partial charge >= 0.3 is 0 Å². The van der Waals surface area contributed by atoms with E-state index in [0.29, 0.717) is 23.8 Å². The topological polar surface area (TPSA) is 79.3 Å². The lowest BCUT2D eigenvalue weighted by molar-refractivity contribution is 0.391. The predicted octanol–water partition coefficient (Wildman–Crippen LogP) is 3.75. The third-order valence-electron chi connectivity index (χ3n) is 5.66. The summed E-state index contributed by atoms with van der Waals surface area (Å²) in [4.78, 5) is 15.7. The largest absolute Gasteiger partial charge is 0.347 e. The lowest BCUT2D eigenvalue weighted by atomic mass is 9.98. The molecule has 0 spiro atoms. The van der Waals surface area contributed by atoms with E-state index in [9.17, 15) is 8.42 Å². The number of sulfonamides is 1. The molecule has 3 heterocycles. The van der Waals surface area contributed by atoms with Gasteiger partial charge in [-0.3, -0.25) is 4.98 Å². The summed E-state index contributed by atoms with van der Waals surface area (Å²) < 4.78 is 28.6. The van der Waals surface area contributed by atoms with Crippen molar-refractivity contribution in [1.82, 2.24) is 19.3 Å². The summed E-state index contributed by atoms with van der Waals surface area (Å²) in [6, 6.07) is 8.60. The van der Waals surface area contributed by atoms with Crippen molar-refractivity contribution in [3.8, 4) is 11.1 Å². The number of nitrogens with zero attached hydrogens (tertiary/aromatic N) is 5. The van der Waals surface area contributed by atoms with Crippen LogP contribution in [0.5, 0.6) is 0 Å². The molecule has 0 N–H and O–H groups in total. The van der Waals surface area contributed by atoms with Crippen molar-refractivity contribution in [2.45, 2.75) is 37.6 Å². The number of hydrogen-bond donors (Lipinski definition) is 0. The number of pyridine rings is 1. The molecule has 0 radical (unpaired) electrons. The SMILES string of the molecule is Cc1ccc(S(=O)(=O)N2CCC[C@@H]2c2nc(N(C)C)ncc2-c2ccncc2C)cc1. The molecule has 0 bridgehead atoms. The molecule has 0 unspecified atom stereocenters. The van der Waals surface area contributed by atoms with E-state index in [1.807, 2.05) is 51.0 Å². The second kappa shape index (κ2) is 8.36. The van der Waals surface area contributed by atoms with Crippen molar-refractivity contribution >= 4 is 16.0 Å². The van der Waals surface area contributed by atoms with Crippen LogP contribution < -0.4 is 4.90 Å². The van der Waals surface area contributed by atoms with E-state index in [1.54, 1.807) is 35.0 Å². The van der Waals surface area contributed by atoms with Gasteiger partial charge in [0.1, 0.15) is 0 Å². The van der Waals surface area contributed by atoms with Crippen LogP contribution >= 0.6 is 0 Å². The third-order valence-corrected chi connectivity index (χ3v) is 7.59. The van der Waals surface area contributed by atoms with Gasteiger partial charge in [0.25, 0.3) is 0 Å². The van der Waals surface area contributed by atoms with Crippen LogP contribution in [-0.4, -0.2) is 48.3 Å². The van der Waals surface area contributed by atoms with E-state index in [-0.39, 0.29) is 6.04 Å². The molecule has 1 aromatic carbocycles.